The van der Waals surface area contributed by atoms with Gasteiger partial charge >= 0.3 is 0 Å². The molecule has 0 amide bonds. The zero-order chi connectivity index (χ0) is 14.7. The molecule has 0 aliphatic heterocycles. The topological polar surface area (TPSA) is 40.5 Å². The minimum atomic E-state index is 0.101. The summed E-state index contributed by atoms with van der Waals surface area (Å²) >= 11 is 0. The Balaban J connectivity index is 2.70. The van der Waals surface area contributed by atoms with Crippen LogP contribution in [0.2, 0.25) is 0 Å². The lowest BCUT2D eigenvalue weighted by atomic mass is 9.89. The fourth-order valence-corrected chi connectivity index (χ4v) is 2.71. The first-order valence-electron chi connectivity index (χ1n) is 7.27. The molecular formula is C18H22O2. The zero-order valence-corrected chi connectivity index (χ0v) is 12.4. The molecule has 20 heavy (non-hydrogen) atoms. The van der Waals surface area contributed by atoms with Crippen LogP contribution >= 0.6 is 0 Å². The van der Waals surface area contributed by atoms with E-state index in [9.17, 15) is 10.2 Å². The van der Waals surface area contributed by atoms with E-state index in [1.807, 2.05) is 0 Å². The lowest BCUT2D eigenvalue weighted by molar-refractivity contribution is 0.451. The van der Waals surface area contributed by atoms with Crippen molar-refractivity contribution >= 4 is 0 Å². The standard InChI is InChI=1S/C18H22O2/c1-4-12-7-13(5-2)18(14(6-3)8-12)15-9-16(19)11-17(20)10-15/h7-11,19-20H,4-6H2,1-3H3. The van der Waals surface area contributed by atoms with Gasteiger partial charge in [-0.25, -0.2) is 0 Å². The van der Waals surface area contributed by atoms with Crippen molar-refractivity contribution < 1.29 is 10.2 Å². The van der Waals surface area contributed by atoms with Gasteiger partial charge in [-0.05, 0) is 59.2 Å². The van der Waals surface area contributed by atoms with Crippen molar-refractivity contribution in [3.05, 3.63) is 47.0 Å². The van der Waals surface area contributed by atoms with Gasteiger partial charge in [0.25, 0.3) is 0 Å². The first kappa shape index (κ1) is 14.4. The molecule has 0 spiro atoms. The Morgan fingerprint density at radius 3 is 1.60 bits per heavy atom. The highest BCUT2D eigenvalue weighted by molar-refractivity contribution is 5.74. The molecule has 0 aromatic heterocycles. The third kappa shape index (κ3) is 2.79. The van der Waals surface area contributed by atoms with Crippen molar-refractivity contribution in [1.82, 2.24) is 0 Å². The van der Waals surface area contributed by atoms with Crippen LogP contribution in [0.25, 0.3) is 11.1 Å². The molecule has 106 valence electrons. The lowest BCUT2D eigenvalue weighted by Crippen LogP contribution is -1.97. The molecular weight excluding hydrogens is 248 g/mol. The quantitative estimate of drug-likeness (QED) is 0.861. The third-order valence-electron chi connectivity index (χ3n) is 3.72. The predicted molar refractivity (Wildman–Crippen MR) is 83.3 cm³/mol. The first-order chi connectivity index (χ1) is 9.58. The van der Waals surface area contributed by atoms with E-state index in [-0.39, 0.29) is 11.5 Å². The minimum Gasteiger partial charge on any atom is -0.508 e. The SMILES string of the molecule is CCc1cc(CC)c(-c2cc(O)cc(O)c2)c(CC)c1. The van der Waals surface area contributed by atoms with E-state index in [1.165, 1.54) is 22.8 Å². The summed E-state index contributed by atoms with van der Waals surface area (Å²) in [7, 11) is 0. The average molecular weight is 270 g/mol. The maximum Gasteiger partial charge on any atom is 0.119 e. The van der Waals surface area contributed by atoms with Crippen molar-refractivity contribution in [3.8, 4) is 22.6 Å². The van der Waals surface area contributed by atoms with Gasteiger partial charge in [0.2, 0.25) is 0 Å². The first-order valence-corrected chi connectivity index (χ1v) is 7.27. The molecule has 0 saturated heterocycles. The summed E-state index contributed by atoms with van der Waals surface area (Å²) in [6.45, 7) is 6.44. The Bertz CT molecular complexity index is 570. The Morgan fingerprint density at radius 1 is 0.700 bits per heavy atom. The number of phenols is 2. The molecule has 0 saturated carbocycles. The highest BCUT2D eigenvalue weighted by Gasteiger charge is 2.12. The molecule has 0 aliphatic rings. The van der Waals surface area contributed by atoms with Crippen molar-refractivity contribution in [3.63, 3.8) is 0 Å². The molecule has 0 heterocycles. The molecule has 2 aromatic carbocycles. The minimum absolute atomic E-state index is 0.101. The summed E-state index contributed by atoms with van der Waals surface area (Å²) in [5, 5.41) is 19.4. The summed E-state index contributed by atoms with van der Waals surface area (Å²) in [5.41, 5.74) is 5.92. The van der Waals surface area contributed by atoms with E-state index in [0.29, 0.717) is 0 Å². The molecule has 0 radical (unpaired) electrons. The molecule has 0 bridgehead atoms. The van der Waals surface area contributed by atoms with Crippen molar-refractivity contribution in [2.75, 3.05) is 0 Å². The van der Waals surface area contributed by atoms with Crippen LogP contribution < -0.4 is 0 Å². The Hall–Kier alpha value is -1.96. The van der Waals surface area contributed by atoms with Crippen LogP contribution in [-0.2, 0) is 19.3 Å². The second-order valence-corrected chi connectivity index (χ2v) is 5.09. The molecule has 2 aromatic rings. The van der Waals surface area contributed by atoms with Gasteiger partial charge in [-0.15, -0.1) is 0 Å². The Labute approximate surface area is 120 Å². The van der Waals surface area contributed by atoms with Crippen molar-refractivity contribution in [2.24, 2.45) is 0 Å². The number of rotatable bonds is 4. The van der Waals surface area contributed by atoms with Gasteiger partial charge in [-0.3, -0.25) is 0 Å². The third-order valence-corrected chi connectivity index (χ3v) is 3.72. The number of hydrogen-bond acceptors (Lipinski definition) is 2. The predicted octanol–water partition coefficient (Wildman–Crippen LogP) is 4.45. The molecule has 0 unspecified atom stereocenters. The number of aryl methyl sites for hydroxylation is 3. The molecule has 0 atom stereocenters. The number of aromatic hydroxyl groups is 2. The molecule has 0 aliphatic carbocycles. The lowest BCUT2D eigenvalue weighted by Gasteiger charge is -2.16. The summed E-state index contributed by atoms with van der Waals surface area (Å²) in [4.78, 5) is 0. The van der Waals surface area contributed by atoms with E-state index in [2.05, 4.69) is 32.9 Å². The number of benzene rings is 2. The van der Waals surface area contributed by atoms with E-state index < -0.39 is 0 Å². The largest absolute Gasteiger partial charge is 0.508 e. The number of phenolic OH excluding ortho intramolecular Hbond substituents is 2. The molecule has 2 N–H and O–H groups in total. The summed E-state index contributed by atoms with van der Waals surface area (Å²) in [6.07, 6.45) is 2.89. The van der Waals surface area contributed by atoms with Gasteiger partial charge in [0.15, 0.2) is 0 Å². The van der Waals surface area contributed by atoms with Gasteiger partial charge in [-0.2, -0.15) is 0 Å². The summed E-state index contributed by atoms with van der Waals surface area (Å²) in [5.74, 6) is 0.201. The fourth-order valence-electron chi connectivity index (χ4n) is 2.71. The fraction of sp³-hybridized carbons (Fsp3) is 0.333. The normalized spacial score (nSPS) is 10.8. The van der Waals surface area contributed by atoms with Crippen LogP contribution in [0.1, 0.15) is 37.5 Å². The van der Waals surface area contributed by atoms with Gasteiger partial charge in [0.1, 0.15) is 11.5 Å². The van der Waals surface area contributed by atoms with Crippen LogP contribution in [0.4, 0.5) is 0 Å². The Morgan fingerprint density at radius 2 is 1.20 bits per heavy atom. The van der Waals surface area contributed by atoms with Crippen molar-refractivity contribution in [1.29, 1.82) is 0 Å². The molecule has 2 rings (SSSR count). The zero-order valence-electron chi connectivity index (χ0n) is 12.4. The summed E-state index contributed by atoms with van der Waals surface area (Å²) in [6, 6.07) is 9.27. The van der Waals surface area contributed by atoms with Crippen LogP contribution in [0, 0.1) is 0 Å². The van der Waals surface area contributed by atoms with Gasteiger partial charge in [-0.1, -0.05) is 32.9 Å². The second-order valence-electron chi connectivity index (χ2n) is 5.09. The highest BCUT2D eigenvalue weighted by Crippen LogP contribution is 2.34. The Kier molecular flexibility index (Phi) is 4.33. The van der Waals surface area contributed by atoms with Crippen LogP contribution in [-0.4, -0.2) is 10.2 Å². The number of hydrogen-bond donors (Lipinski definition) is 2. The molecule has 2 heteroatoms. The molecule has 2 nitrogen and oxygen atoms in total. The monoisotopic (exact) mass is 270 g/mol. The smallest absolute Gasteiger partial charge is 0.119 e. The van der Waals surface area contributed by atoms with Crippen LogP contribution in [0.5, 0.6) is 11.5 Å². The molecule has 0 fully saturated rings. The average Bonchev–Trinajstić information content (AvgIpc) is 2.44. The van der Waals surface area contributed by atoms with Gasteiger partial charge in [0.05, 0.1) is 0 Å². The highest BCUT2D eigenvalue weighted by atomic mass is 16.3. The summed E-state index contributed by atoms with van der Waals surface area (Å²) < 4.78 is 0. The van der Waals surface area contributed by atoms with Crippen LogP contribution in [0.3, 0.4) is 0 Å². The maximum absolute atomic E-state index is 9.72. The van der Waals surface area contributed by atoms with Gasteiger partial charge < -0.3 is 10.2 Å². The van der Waals surface area contributed by atoms with Crippen LogP contribution in [0.15, 0.2) is 30.3 Å². The van der Waals surface area contributed by atoms with E-state index >= 15 is 0 Å². The van der Waals surface area contributed by atoms with Crippen molar-refractivity contribution in [2.45, 2.75) is 40.0 Å². The maximum atomic E-state index is 9.72. The van der Waals surface area contributed by atoms with E-state index in [1.54, 1.807) is 12.1 Å². The van der Waals surface area contributed by atoms with Gasteiger partial charge in [0, 0.05) is 6.07 Å². The van der Waals surface area contributed by atoms with E-state index in [0.717, 1.165) is 30.4 Å². The second kappa shape index (κ2) is 6.00. The van der Waals surface area contributed by atoms with E-state index in [4.69, 9.17) is 0 Å².